The molecule has 3 aromatic rings. The van der Waals surface area contributed by atoms with Crippen LogP contribution in [-0.4, -0.2) is 15.9 Å². The molecule has 3 rings (SSSR count). The molecular weight excluding hydrogens is 324 g/mol. The maximum absolute atomic E-state index is 12.8. The number of anilines is 3. The molecule has 1 aromatic heterocycles. The number of aryl methyl sites for hydroxylation is 4. The van der Waals surface area contributed by atoms with Gasteiger partial charge in [-0.15, -0.1) is 0 Å². The van der Waals surface area contributed by atoms with E-state index in [1.54, 1.807) is 6.07 Å². The van der Waals surface area contributed by atoms with Crippen LogP contribution in [0.15, 0.2) is 48.5 Å². The van der Waals surface area contributed by atoms with E-state index >= 15 is 0 Å². The van der Waals surface area contributed by atoms with E-state index in [-0.39, 0.29) is 5.91 Å². The molecule has 0 saturated heterocycles. The lowest BCUT2D eigenvalue weighted by Gasteiger charge is -2.13. The van der Waals surface area contributed by atoms with Gasteiger partial charge >= 0.3 is 0 Å². The minimum absolute atomic E-state index is 0.176. The Morgan fingerprint density at radius 3 is 2.23 bits per heavy atom. The molecule has 5 heteroatoms. The Labute approximate surface area is 153 Å². The Morgan fingerprint density at radius 2 is 1.54 bits per heavy atom. The highest BCUT2D eigenvalue weighted by atomic mass is 16.1. The van der Waals surface area contributed by atoms with E-state index in [1.807, 2.05) is 70.2 Å². The maximum Gasteiger partial charge on any atom is 0.257 e. The SMILES string of the molecule is Cc1ccc(NC(=O)c2ccccc2Nc2nc(C)cc(C)n2)c(C)c1. The molecule has 5 nitrogen and oxygen atoms in total. The standard InChI is InChI=1S/C21H22N4O/c1-13-9-10-18(14(2)11-13)24-20(26)17-7-5-6-8-19(17)25-21-22-15(3)12-16(4)23-21/h5-12H,1-4H3,(H,24,26)(H,22,23,25). The number of benzene rings is 2. The third kappa shape index (κ3) is 4.06. The van der Waals surface area contributed by atoms with Crippen molar-refractivity contribution in [2.24, 2.45) is 0 Å². The number of nitrogens with zero attached hydrogens (tertiary/aromatic N) is 2. The molecule has 0 unspecified atom stereocenters. The third-order valence-corrected chi connectivity index (χ3v) is 4.03. The highest BCUT2D eigenvalue weighted by molar-refractivity contribution is 6.08. The molecule has 1 amide bonds. The van der Waals surface area contributed by atoms with Crippen LogP contribution in [0.25, 0.3) is 0 Å². The Hall–Kier alpha value is -3.21. The summed E-state index contributed by atoms with van der Waals surface area (Å²) in [4.78, 5) is 21.6. The van der Waals surface area contributed by atoms with Crippen LogP contribution in [-0.2, 0) is 0 Å². The van der Waals surface area contributed by atoms with Gasteiger partial charge in [0.1, 0.15) is 0 Å². The molecule has 0 atom stereocenters. The van der Waals surface area contributed by atoms with Gasteiger partial charge in [0.15, 0.2) is 0 Å². The van der Waals surface area contributed by atoms with Gasteiger partial charge in [-0.3, -0.25) is 4.79 Å². The number of para-hydroxylation sites is 1. The van der Waals surface area contributed by atoms with Crippen molar-refractivity contribution in [2.75, 3.05) is 10.6 Å². The smallest absolute Gasteiger partial charge is 0.257 e. The minimum Gasteiger partial charge on any atom is -0.323 e. The monoisotopic (exact) mass is 346 g/mol. The van der Waals surface area contributed by atoms with Crippen molar-refractivity contribution >= 4 is 23.2 Å². The highest BCUT2D eigenvalue weighted by Gasteiger charge is 2.13. The second-order valence-corrected chi connectivity index (χ2v) is 6.42. The number of aromatic nitrogens is 2. The summed E-state index contributed by atoms with van der Waals surface area (Å²) in [5.41, 5.74) is 5.94. The van der Waals surface area contributed by atoms with Gasteiger partial charge in [-0.1, -0.05) is 29.8 Å². The van der Waals surface area contributed by atoms with Gasteiger partial charge in [-0.05, 0) is 57.5 Å². The Bertz CT molecular complexity index is 946. The molecule has 0 spiro atoms. The molecule has 0 saturated carbocycles. The third-order valence-electron chi connectivity index (χ3n) is 4.03. The average molecular weight is 346 g/mol. The number of hydrogen-bond donors (Lipinski definition) is 2. The molecule has 0 bridgehead atoms. The fourth-order valence-electron chi connectivity index (χ4n) is 2.84. The fourth-order valence-corrected chi connectivity index (χ4v) is 2.84. The van der Waals surface area contributed by atoms with Crippen molar-refractivity contribution in [3.8, 4) is 0 Å². The first kappa shape index (κ1) is 17.6. The second kappa shape index (κ2) is 7.35. The molecule has 0 radical (unpaired) electrons. The average Bonchev–Trinajstić information content (AvgIpc) is 2.57. The summed E-state index contributed by atoms with van der Waals surface area (Å²) in [5, 5.41) is 6.14. The van der Waals surface area contributed by atoms with Crippen molar-refractivity contribution in [3.05, 3.63) is 76.6 Å². The Balaban J connectivity index is 1.87. The molecule has 2 N–H and O–H groups in total. The van der Waals surface area contributed by atoms with E-state index in [4.69, 9.17) is 0 Å². The fraction of sp³-hybridized carbons (Fsp3) is 0.190. The molecule has 0 fully saturated rings. The van der Waals surface area contributed by atoms with E-state index in [0.29, 0.717) is 17.2 Å². The van der Waals surface area contributed by atoms with E-state index in [1.165, 1.54) is 0 Å². The van der Waals surface area contributed by atoms with Crippen LogP contribution in [0.3, 0.4) is 0 Å². The summed E-state index contributed by atoms with van der Waals surface area (Å²) >= 11 is 0. The molecule has 2 aromatic carbocycles. The van der Waals surface area contributed by atoms with Gasteiger partial charge in [0, 0.05) is 17.1 Å². The van der Waals surface area contributed by atoms with Crippen LogP contribution in [0.5, 0.6) is 0 Å². The topological polar surface area (TPSA) is 66.9 Å². The summed E-state index contributed by atoms with van der Waals surface area (Å²) < 4.78 is 0. The van der Waals surface area contributed by atoms with Crippen molar-refractivity contribution < 1.29 is 4.79 Å². The van der Waals surface area contributed by atoms with Crippen molar-refractivity contribution in [1.29, 1.82) is 0 Å². The zero-order chi connectivity index (χ0) is 18.7. The van der Waals surface area contributed by atoms with Crippen LogP contribution in [0.1, 0.15) is 32.9 Å². The summed E-state index contributed by atoms with van der Waals surface area (Å²) in [5.74, 6) is 0.304. The first-order valence-electron chi connectivity index (χ1n) is 8.49. The first-order chi connectivity index (χ1) is 12.4. The zero-order valence-electron chi connectivity index (χ0n) is 15.4. The summed E-state index contributed by atoms with van der Waals surface area (Å²) in [6.07, 6.45) is 0. The van der Waals surface area contributed by atoms with E-state index in [9.17, 15) is 4.79 Å². The van der Waals surface area contributed by atoms with Gasteiger partial charge < -0.3 is 10.6 Å². The molecule has 0 aliphatic rings. The van der Waals surface area contributed by atoms with Crippen LogP contribution in [0, 0.1) is 27.7 Å². The summed E-state index contributed by atoms with van der Waals surface area (Å²) in [6.45, 7) is 7.84. The van der Waals surface area contributed by atoms with E-state index < -0.39 is 0 Å². The summed E-state index contributed by atoms with van der Waals surface area (Å²) in [7, 11) is 0. The van der Waals surface area contributed by atoms with Gasteiger partial charge in [-0.25, -0.2) is 9.97 Å². The van der Waals surface area contributed by atoms with Crippen LogP contribution in [0.4, 0.5) is 17.3 Å². The molecule has 0 aliphatic heterocycles. The number of nitrogens with one attached hydrogen (secondary N) is 2. The molecular formula is C21H22N4O. The highest BCUT2D eigenvalue weighted by Crippen LogP contribution is 2.22. The normalized spacial score (nSPS) is 10.5. The molecule has 1 heterocycles. The molecule has 26 heavy (non-hydrogen) atoms. The number of hydrogen-bond acceptors (Lipinski definition) is 4. The first-order valence-corrected chi connectivity index (χ1v) is 8.49. The molecule has 132 valence electrons. The molecule has 0 aliphatic carbocycles. The lowest BCUT2D eigenvalue weighted by molar-refractivity contribution is 0.102. The largest absolute Gasteiger partial charge is 0.323 e. The van der Waals surface area contributed by atoms with Gasteiger partial charge in [0.25, 0.3) is 5.91 Å². The van der Waals surface area contributed by atoms with E-state index in [0.717, 1.165) is 28.2 Å². The number of rotatable bonds is 4. The van der Waals surface area contributed by atoms with Crippen LogP contribution in [0.2, 0.25) is 0 Å². The van der Waals surface area contributed by atoms with Crippen LogP contribution < -0.4 is 10.6 Å². The maximum atomic E-state index is 12.8. The summed E-state index contributed by atoms with van der Waals surface area (Å²) in [6, 6.07) is 15.2. The number of amides is 1. The van der Waals surface area contributed by atoms with Crippen LogP contribution >= 0.6 is 0 Å². The van der Waals surface area contributed by atoms with Gasteiger partial charge in [-0.2, -0.15) is 0 Å². The van der Waals surface area contributed by atoms with Crippen molar-refractivity contribution in [1.82, 2.24) is 9.97 Å². The zero-order valence-corrected chi connectivity index (χ0v) is 15.4. The minimum atomic E-state index is -0.176. The van der Waals surface area contributed by atoms with E-state index in [2.05, 4.69) is 20.6 Å². The Kier molecular flexibility index (Phi) is 4.98. The number of carbonyl (C=O) groups is 1. The Morgan fingerprint density at radius 1 is 0.846 bits per heavy atom. The number of carbonyl (C=O) groups excluding carboxylic acids is 1. The quantitative estimate of drug-likeness (QED) is 0.718. The van der Waals surface area contributed by atoms with Crippen molar-refractivity contribution in [3.63, 3.8) is 0 Å². The predicted octanol–water partition coefficient (Wildman–Crippen LogP) is 4.71. The van der Waals surface area contributed by atoms with Crippen molar-refractivity contribution in [2.45, 2.75) is 27.7 Å². The predicted molar refractivity (Wildman–Crippen MR) is 105 cm³/mol. The second-order valence-electron chi connectivity index (χ2n) is 6.42. The lowest BCUT2D eigenvalue weighted by Crippen LogP contribution is -2.15. The lowest BCUT2D eigenvalue weighted by atomic mass is 10.1. The van der Waals surface area contributed by atoms with Gasteiger partial charge in [0.05, 0.1) is 11.3 Å². The van der Waals surface area contributed by atoms with Gasteiger partial charge in [0.2, 0.25) is 5.95 Å².